The summed E-state index contributed by atoms with van der Waals surface area (Å²) in [5.41, 5.74) is 0.476. The number of anilines is 1. The first-order valence-electron chi connectivity index (χ1n) is 9.62. The van der Waals surface area contributed by atoms with Crippen LogP contribution in [-0.4, -0.2) is 67.7 Å². The number of hydrogen-bond donors (Lipinski definition) is 0. The fourth-order valence-electron chi connectivity index (χ4n) is 3.49. The first-order valence-corrected chi connectivity index (χ1v) is 9.62. The molecule has 1 amide bonds. The smallest absolute Gasteiger partial charge is 0.338 e. The molecule has 152 valence electrons. The third kappa shape index (κ3) is 4.98. The average molecular weight is 391 g/mol. The molecule has 0 atom stereocenters. The summed E-state index contributed by atoms with van der Waals surface area (Å²) in [7, 11) is 0. The lowest BCUT2D eigenvalue weighted by Crippen LogP contribution is -2.42. The van der Waals surface area contributed by atoms with E-state index in [1.807, 2.05) is 4.90 Å². The fourth-order valence-corrected chi connectivity index (χ4v) is 3.49. The van der Waals surface area contributed by atoms with Crippen molar-refractivity contribution in [2.75, 3.05) is 50.9 Å². The normalized spacial score (nSPS) is 17.7. The highest BCUT2D eigenvalue weighted by Crippen LogP contribution is 2.31. The summed E-state index contributed by atoms with van der Waals surface area (Å²) in [5, 5.41) is 11.6. The van der Waals surface area contributed by atoms with Crippen molar-refractivity contribution in [2.24, 2.45) is 0 Å². The quantitative estimate of drug-likeness (QED) is 0.430. The molecule has 0 bridgehead atoms. The van der Waals surface area contributed by atoms with Gasteiger partial charge < -0.3 is 19.3 Å². The van der Waals surface area contributed by atoms with Crippen LogP contribution in [0.2, 0.25) is 0 Å². The van der Waals surface area contributed by atoms with E-state index in [0.717, 1.165) is 38.8 Å². The third-order valence-corrected chi connectivity index (χ3v) is 5.05. The van der Waals surface area contributed by atoms with Crippen LogP contribution in [0.4, 0.5) is 11.4 Å². The van der Waals surface area contributed by atoms with Crippen LogP contribution in [0.15, 0.2) is 18.2 Å². The van der Waals surface area contributed by atoms with Gasteiger partial charge in [-0.3, -0.25) is 14.9 Å². The van der Waals surface area contributed by atoms with Crippen LogP contribution < -0.4 is 4.90 Å². The van der Waals surface area contributed by atoms with Crippen LogP contribution in [0.1, 0.15) is 36.0 Å². The molecule has 2 aliphatic heterocycles. The first kappa shape index (κ1) is 20.1. The van der Waals surface area contributed by atoms with Crippen LogP contribution >= 0.6 is 0 Å². The van der Waals surface area contributed by atoms with E-state index in [9.17, 15) is 19.7 Å². The van der Waals surface area contributed by atoms with Crippen LogP contribution in [-0.2, 0) is 14.3 Å². The number of carbonyl (C=O) groups is 2. The van der Waals surface area contributed by atoms with Gasteiger partial charge in [-0.2, -0.15) is 0 Å². The minimum Gasteiger partial charge on any atom is -0.452 e. The lowest BCUT2D eigenvalue weighted by molar-refractivity contribution is -0.384. The number of hydrogen-bond acceptors (Lipinski definition) is 7. The minimum atomic E-state index is -0.743. The largest absolute Gasteiger partial charge is 0.452 e. The number of rotatable bonds is 5. The zero-order chi connectivity index (χ0) is 19.9. The number of carbonyl (C=O) groups excluding carboxylic acids is 2. The lowest BCUT2D eigenvalue weighted by Gasteiger charge is -2.26. The number of esters is 1. The van der Waals surface area contributed by atoms with E-state index in [1.165, 1.54) is 12.1 Å². The maximum atomic E-state index is 12.3. The molecule has 0 aromatic heterocycles. The minimum absolute atomic E-state index is 0.0695. The zero-order valence-electron chi connectivity index (χ0n) is 15.8. The predicted octanol–water partition coefficient (Wildman–Crippen LogP) is 1.99. The number of nitro groups is 1. The van der Waals surface area contributed by atoms with Gasteiger partial charge in [0.25, 0.3) is 11.6 Å². The van der Waals surface area contributed by atoms with Gasteiger partial charge in [-0.1, -0.05) is 12.8 Å². The molecule has 0 N–H and O–H groups in total. The van der Waals surface area contributed by atoms with E-state index >= 15 is 0 Å². The van der Waals surface area contributed by atoms with Crippen LogP contribution in [0.3, 0.4) is 0 Å². The van der Waals surface area contributed by atoms with Crippen LogP contribution in [0, 0.1) is 10.1 Å². The number of nitro benzene ring substituents is 1. The van der Waals surface area contributed by atoms with Gasteiger partial charge in [0.1, 0.15) is 5.69 Å². The Morgan fingerprint density at radius 1 is 1.07 bits per heavy atom. The molecular weight excluding hydrogens is 366 g/mol. The molecule has 2 heterocycles. The fraction of sp³-hybridized carbons (Fsp3) is 0.579. The zero-order valence-corrected chi connectivity index (χ0v) is 15.8. The molecule has 0 radical (unpaired) electrons. The Balaban J connectivity index is 1.67. The number of nitrogens with zero attached hydrogens (tertiary/aromatic N) is 3. The van der Waals surface area contributed by atoms with Gasteiger partial charge in [-0.15, -0.1) is 0 Å². The number of ether oxygens (including phenoxy) is 2. The molecule has 28 heavy (non-hydrogen) atoms. The van der Waals surface area contributed by atoms with Crippen molar-refractivity contribution < 1.29 is 24.0 Å². The molecule has 2 aliphatic rings. The highest BCUT2D eigenvalue weighted by molar-refractivity contribution is 5.93. The second kappa shape index (κ2) is 9.50. The number of morpholine rings is 1. The van der Waals surface area contributed by atoms with Crippen molar-refractivity contribution >= 4 is 23.3 Å². The second-order valence-corrected chi connectivity index (χ2v) is 6.93. The van der Waals surface area contributed by atoms with Crippen molar-refractivity contribution in [2.45, 2.75) is 25.7 Å². The van der Waals surface area contributed by atoms with E-state index in [-0.39, 0.29) is 23.8 Å². The van der Waals surface area contributed by atoms with Gasteiger partial charge >= 0.3 is 5.97 Å². The molecule has 2 saturated heterocycles. The van der Waals surface area contributed by atoms with Gasteiger partial charge in [-0.25, -0.2) is 4.79 Å². The van der Waals surface area contributed by atoms with E-state index in [4.69, 9.17) is 9.47 Å². The molecule has 2 fully saturated rings. The second-order valence-electron chi connectivity index (χ2n) is 6.93. The highest BCUT2D eigenvalue weighted by Gasteiger charge is 2.24. The number of amides is 1. The standard InChI is InChI=1S/C19H25N3O6/c23-18(21-9-11-27-12-10-21)14-28-19(24)15-5-6-16(17(13-15)22(25)26)20-7-3-1-2-4-8-20/h5-6,13H,1-4,7-12,14H2. The average Bonchev–Trinajstić information content (AvgIpc) is 3.01. The lowest BCUT2D eigenvalue weighted by atomic mass is 10.1. The Bertz CT molecular complexity index is 724. The summed E-state index contributed by atoms with van der Waals surface area (Å²) < 4.78 is 10.3. The summed E-state index contributed by atoms with van der Waals surface area (Å²) in [6.07, 6.45) is 4.22. The van der Waals surface area contributed by atoms with Gasteiger partial charge in [0.05, 0.1) is 23.7 Å². The van der Waals surface area contributed by atoms with E-state index in [2.05, 4.69) is 0 Å². The summed E-state index contributed by atoms with van der Waals surface area (Å²) in [5.74, 6) is -1.04. The SMILES string of the molecule is O=C(OCC(=O)N1CCOCC1)c1ccc(N2CCCCCC2)c([N+](=O)[O-])c1. The van der Waals surface area contributed by atoms with E-state index in [0.29, 0.717) is 32.0 Å². The molecular formula is C19H25N3O6. The maximum absolute atomic E-state index is 12.3. The Morgan fingerprint density at radius 2 is 1.75 bits per heavy atom. The monoisotopic (exact) mass is 391 g/mol. The summed E-state index contributed by atoms with van der Waals surface area (Å²) in [6, 6.07) is 4.36. The third-order valence-electron chi connectivity index (χ3n) is 5.05. The van der Waals surface area contributed by atoms with Crippen molar-refractivity contribution in [3.8, 4) is 0 Å². The number of benzene rings is 1. The summed E-state index contributed by atoms with van der Waals surface area (Å²) in [6.45, 7) is 2.99. The molecule has 0 saturated carbocycles. The van der Waals surface area contributed by atoms with Crippen LogP contribution in [0.5, 0.6) is 0 Å². The van der Waals surface area contributed by atoms with Crippen molar-refractivity contribution in [1.82, 2.24) is 4.90 Å². The van der Waals surface area contributed by atoms with Gasteiger partial charge in [0.15, 0.2) is 6.61 Å². The summed E-state index contributed by atoms with van der Waals surface area (Å²) in [4.78, 5) is 39.0. The highest BCUT2D eigenvalue weighted by atomic mass is 16.6. The molecule has 1 aromatic rings. The van der Waals surface area contributed by atoms with Crippen molar-refractivity contribution in [3.05, 3.63) is 33.9 Å². The Hall–Kier alpha value is -2.68. The predicted molar refractivity (Wildman–Crippen MR) is 101 cm³/mol. The van der Waals surface area contributed by atoms with Gasteiger partial charge in [0, 0.05) is 32.2 Å². The summed E-state index contributed by atoms with van der Waals surface area (Å²) >= 11 is 0. The van der Waals surface area contributed by atoms with Crippen molar-refractivity contribution in [1.29, 1.82) is 0 Å². The molecule has 0 unspecified atom stereocenters. The van der Waals surface area contributed by atoms with Crippen LogP contribution in [0.25, 0.3) is 0 Å². The van der Waals surface area contributed by atoms with E-state index in [1.54, 1.807) is 11.0 Å². The Kier molecular flexibility index (Phi) is 6.80. The molecule has 3 rings (SSSR count). The molecule has 9 nitrogen and oxygen atoms in total. The van der Waals surface area contributed by atoms with Gasteiger partial charge in [0.2, 0.25) is 0 Å². The Labute approximate surface area is 163 Å². The molecule has 9 heteroatoms. The maximum Gasteiger partial charge on any atom is 0.338 e. The topological polar surface area (TPSA) is 102 Å². The van der Waals surface area contributed by atoms with Crippen molar-refractivity contribution in [3.63, 3.8) is 0 Å². The first-order chi connectivity index (χ1) is 13.6. The Morgan fingerprint density at radius 3 is 2.39 bits per heavy atom. The molecule has 0 aliphatic carbocycles. The van der Waals surface area contributed by atoms with E-state index < -0.39 is 10.9 Å². The van der Waals surface area contributed by atoms with Gasteiger partial charge in [-0.05, 0) is 25.0 Å². The molecule has 0 spiro atoms. The molecule has 1 aromatic carbocycles.